The van der Waals surface area contributed by atoms with Crippen LogP contribution in [0.1, 0.15) is 33.2 Å². The molecule has 164 valence electrons. The van der Waals surface area contributed by atoms with Crippen LogP contribution in [0.5, 0.6) is 0 Å². The average molecular weight is 464 g/mol. The highest BCUT2D eigenvalue weighted by Gasteiger charge is 2.31. The van der Waals surface area contributed by atoms with Gasteiger partial charge in [-0.05, 0) is 45.4 Å². The first-order valence-corrected chi connectivity index (χ1v) is 10.6. The van der Waals surface area contributed by atoms with Crippen molar-refractivity contribution >= 4 is 58.0 Å². The standard InChI is InChI=1S/C20H23Cl2N7O2/c1-20(2,3)27-17-23-9-15-16(26-17)29(12-6-7-28(10-12)19(30)31)18(25-15)24-11-4-5-13(21)14(22)8-11/h4-5,8-9,12H,6-7,10H2,1-3H3,(H,24,25)(H,30,31)(H,23,26,27). The van der Waals surface area contributed by atoms with E-state index >= 15 is 0 Å². The van der Waals surface area contributed by atoms with E-state index in [0.717, 1.165) is 0 Å². The quantitative estimate of drug-likeness (QED) is 0.498. The predicted molar refractivity (Wildman–Crippen MR) is 122 cm³/mol. The average Bonchev–Trinajstić information content (AvgIpc) is 3.27. The van der Waals surface area contributed by atoms with E-state index in [1.807, 2.05) is 25.3 Å². The van der Waals surface area contributed by atoms with Crippen molar-refractivity contribution in [1.82, 2.24) is 24.4 Å². The second-order valence-corrected chi connectivity index (χ2v) is 9.32. The van der Waals surface area contributed by atoms with Crippen LogP contribution in [0.4, 0.5) is 22.4 Å². The predicted octanol–water partition coefficient (Wildman–Crippen LogP) is 5.01. The van der Waals surface area contributed by atoms with E-state index in [-0.39, 0.29) is 11.6 Å². The molecule has 0 aliphatic carbocycles. The van der Waals surface area contributed by atoms with Gasteiger partial charge in [0.25, 0.3) is 0 Å². The Labute approximate surface area is 189 Å². The van der Waals surface area contributed by atoms with Crippen LogP contribution < -0.4 is 10.6 Å². The maximum absolute atomic E-state index is 11.5. The van der Waals surface area contributed by atoms with E-state index in [0.29, 0.717) is 58.3 Å². The summed E-state index contributed by atoms with van der Waals surface area (Å²) in [7, 11) is 0. The molecule has 4 rings (SSSR count). The highest BCUT2D eigenvalue weighted by Crippen LogP contribution is 2.33. The minimum absolute atomic E-state index is 0.122. The molecule has 3 aromatic rings. The summed E-state index contributed by atoms with van der Waals surface area (Å²) in [4.78, 5) is 26.6. The minimum atomic E-state index is -0.935. The molecule has 1 unspecified atom stereocenters. The summed E-state index contributed by atoms with van der Waals surface area (Å²) in [5.41, 5.74) is 1.73. The van der Waals surface area contributed by atoms with Crippen molar-refractivity contribution in [2.24, 2.45) is 0 Å². The van der Waals surface area contributed by atoms with E-state index in [1.54, 1.807) is 24.4 Å². The van der Waals surface area contributed by atoms with Gasteiger partial charge in [-0.2, -0.15) is 4.98 Å². The lowest BCUT2D eigenvalue weighted by Crippen LogP contribution is -2.28. The molecular weight excluding hydrogens is 441 g/mol. The number of amides is 1. The molecule has 2 aromatic heterocycles. The second kappa shape index (κ2) is 8.05. The fourth-order valence-electron chi connectivity index (χ4n) is 3.55. The largest absolute Gasteiger partial charge is 0.465 e. The molecule has 1 atom stereocenters. The van der Waals surface area contributed by atoms with Gasteiger partial charge >= 0.3 is 6.09 Å². The second-order valence-electron chi connectivity index (χ2n) is 8.51. The Bertz CT molecular complexity index is 1140. The number of anilines is 3. The van der Waals surface area contributed by atoms with Crippen molar-refractivity contribution in [2.45, 2.75) is 38.8 Å². The maximum Gasteiger partial charge on any atom is 0.407 e. The van der Waals surface area contributed by atoms with E-state index in [9.17, 15) is 9.90 Å². The van der Waals surface area contributed by atoms with Crippen LogP contribution in [0.25, 0.3) is 11.2 Å². The summed E-state index contributed by atoms with van der Waals surface area (Å²) in [5.74, 6) is 1.02. The zero-order valence-electron chi connectivity index (χ0n) is 17.4. The Kier molecular flexibility index (Phi) is 5.57. The van der Waals surface area contributed by atoms with Crippen LogP contribution in [0.15, 0.2) is 24.4 Å². The van der Waals surface area contributed by atoms with Gasteiger partial charge in [-0.1, -0.05) is 23.2 Å². The van der Waals surface area contributed by atoms with E-state index < -0.39 is 6.09 Å². The number of hydrogen-bond acceptors (Lipinski definition) is 6. The van der Waals surface area contributed by atoms with Crippen LogP contribution in [0.3, 0.4) is 0 Å². The molecule has 9 nitrogen and oxygen atoms in total. The van der Waals surface area contributed by atoms with Crippen molar-refractivity contribution in [3.63, 3.8) is 0 Å². The van der Waals surface area contributed by atoms with Gasteiger partial charge in [-0.15, -0.1) is 0 Å². The van der Waals surface area contributed by atoms with Gasteiger partial charge in [0.1, 0.15) is 5.52 Å². The van der Waals surface area contributed by atoms with Crippen LogP contribution in [-0.2, 0) is 0 Å². The third-order valence-electron chi connectivity index (χ3n) is 4.89. The summed E-state index contributed by atoms with van der Waals surface area (Å²) in [6.45, 7) is 6.87. The summed E-state index contributed by atoms with van der Waals surface area (Å²) < 4.78 is 1.94. The zero-order chi connectivity index (χ0) is 22.3. The van der Waals surface area contributed by atoms with E-state index in [2.05, 4.69) is 20.6 Å². The molecule has 0 bridgehead atoms. The molecule has 3 heterocycles. The normalized spacial score (nSPS) is 16.7. The lowest BCUT2D eigenvalue weighted by atomic mass is 10.1. The molecular formula is C20H23Cl2N7O2. The van der Waals surface area contributed by atoms with Crippen molar-refractivity contribution in [3.8, 4) is 0 Å². The van der Waals surface area contributed by atoms with E-state index in [4.69, 9.17) is 28.2 Å². The fourth-order valence-corrected chi connectivity index (χ4v) is 3.85. The molecule has 1 fully saturated rings. The number of hydrogen-bond donors (Lipinski definition) is 3. The molecule has 0 saturated carbocycles. The molecule has 1 amide bonds. The number of fused-ring (bicyclic) bond motifs is 1. The fraction of sp³-hybridized carbons (Fsp3) is 0.400. The Morgan fingerprint density at radius 2 is 2.00 bits per heavy atom. The molecule has 3 N–H and O–H groups in total. The van der Waals surface area contributed by atoms with E-state index in [1.165, 1.54) is 4.90 Å². The molecule has 0 spiro atoms. The smallest absolute Gasteiger partial charge is 0.407 e. The monoisotopic (exact) mass is 463 g/mol. The van der Waals surface area contributed by atoms with Crippen molar-refractivity contribution in [1.29, 1.82) is 0 Å². The summed E-state index contributed by atoms with van der Waals surface area (Å²) >= 11 is 12.2. The molecule has 1 aliphatic rings. The van der Waals surface area contributed by atoms with Crippen LogP contribution in [0.2, 0.25) is 10.0 Å². The zero-order valence-corrected chi connectivity index (χ0v) is 18.9. The number of imidazole rings is 1. The highest BCUT2D eigenvalue weighted by atomic mass is 35.5. The number of carboxylic acid groups (broad SMARTS) is 1. The number of halogens is 2. The van der Waals surface area contributed by atoms with Crippen molar-refractivity contribution in [2.75, 3.05) is 23.7 Å². The Balaban J connectivity index is 1.78. The Morgan fingerprint density at radius 1 is 1.23 bits per heavy atom. The van der Waals surface area contributed by atoms with Gasteiger partial charge in [0, 0.05) is 24.3 Å². The van der Waals surface area contributed by atoms with Gasteiger partial charge in [0.15, 0.2) is 5.65 Å². The molecule has 31 heavy (non-hydrogen) atoms. The lowest BCUT2D eigenvalue weighted by molar-refractivity contribution is 0.154. The van der Waals surface area contributed by atoms with Gasteiger partial charge in [-0.3, -0.25) is 4.57 Å². The number of carbonyl (C=O) groups is 1. The molecule has 1 saturated heterocycles. The van der Waals surface area contributed by atoms with Gasteiger partial charge in [-0.25, -0.2) is 14.8 Å². The Hall–Kier alpha value is -2.78. The number of aromatic nitrogens is 4. The minimum Gasteiger partial charge on any atom is -0.465 e. The number of nitrogens with zero attached hydrogens (tertiary/aromatic N) is 5. The maximum atomic E-state index is 11.5. The van der Waals surface area contributed by atoms with Gasteiger partial charge in [0.2, 0.25) is 11.9 Å². The third kappa shape index (κ3) is 4.62. The van der Waals surface area contributed by atoms with Crippen LogP contribution in [-0.4, -0.2) is 54.2 Å². The van der Waals surface area contributed by atoms with Gasteiger partial charge < -0.3 is 20.6 Å². The van der Waals surface area contributed by atoms with Crippen molar-refractivity contribution < 1.29 is 9.90 Å². The summed E-state index contributed by atoms with van der Waals surface area (Å²) in [5, 5.41) is 16.8. The number of likely N-dealkylation sites (tertiary alicyclic amines) is 1. The first-order valence-electron chi connectivity index (χ1n) is 9.84. The summed E-state index contributed by atoms with van der Waals surface area (Å²) in [6.07, 6.45) is 1.38. The molecule has 0 radical (unpaired) electrons. The Morgan fingerprint density at radius 3 is 2.65 bits per heavy atom. The molecule has 1 aromatic carbocycles. The SMILES string of the molecule is CC(C)(C)Nc1ncc2nc(Nc3ccc(Cl)c(Cl)c3)n(C3CCN(C(=O)O)C3)c2n1. The molecule has 1 aliphatic heterocycles. The first-order chi connectivity index (χ1) is 14.6. The lowest BCUT2D eigenvalue weighted by Gasteiger charge is -2.21. The van der Waals surface area contributed by atoms with Crippen molar-refractivity contribution in [3.05, 3.63) is 34.4 Å². The third-order valence-corrected chi connectivity index (χ3v) is 5.63. The topological polar surface area (TPSA) is 108 Å². The number of benzene rings is 1. The van der Waals surface area contributed by atoms with Gasteiger partial charge in [0.05, 0.1) is 22.3 Å². The number of nitrogens with one attached hydrogen (secondary N) is 2. The summed E-state index contributed by atoms with van der Waals surface area (Å²) in [6, 6.07) is 5.09. The van der Waals surface area contributed by atoms with Crippen LogP contribution >= 0.6 is 23.2 Å². The highest BCUT2D eigenvalue weighted by molar-refractivity contribution is 6.42. The number of rotatable bonds is 4. The first kappa shape index (κ1) is 21.5. The van der Waals surface area contributed by atoms with Crippen LogP contribution in [0, 0.1) is 0 Å². The molecule has 11 heteroatoms.